The number of hydrogen-bond donors (Lipinski definition) is 2. The molecule has 0 bridgehead atoms. The molecule has 2 heterocycles. The van der Waals surface area contributed by atoms with Crippen LogP contribution in [-0.2, 0) is 26.0 Å². The van der Waals surface area contributed by atoms with Gasteiger partial charge in [0.25, 0.3) is 0 Å². The Kier molecular flexibility index (Phi) is 4.99. The summed E-state index contributed by atoms with van der Waals surface area (Å²) in [6.07, 6.45) is 0.977. The molecule has 118 valence electrons. The Hall–Kier alpha value is -1.42. The number of aryl methyl sites for hydroxylation is 1. The van der Waals surface area contributed by atoms with Crippen molar-refractivity contribution >= 4 is 16.0 Å². The van der Waals surface area contributed by atoms with Gasteiger partial charge in [-0.3, -0.25) is 0 Å². The van der Waals surface area contributed by atoms with Crippen LogP contribution in [0, 0.1) is 0 Å². The third-order valence-electron chi connectivity index (χ3n) is 3.13. The summed E-state index contributed by atoms with van der Waals surface area (Å²) in [5.41, 5.74) is -0.0601. The summed E-state index contributed by atoms with van der Waals surface area (Å²) in [7, 11) is -3.77. The molecule has 1 aromatic rings. The van der Waals surface area contributed by atoms with E-state index in [1.807, 2.05) is 0 Å². The molecule has 8 nitrogen and oxygen atoms in total. The molecule has 1 fully saturated rings. The highest BCUT2D eigenvalue weighted by Gasteiger charge is 2.23. The molecule has 0 unspecified atom stereocenters. The van der Waals surface area contributed by atoms with Crippen molar-refractivity contribution in [2.24, 2.45) is 0 Å². The maximum Gasteiger partial charge on any atom is 0.352 e. The molecule has 2 rings (SSSR count). The summed E-state index contributed by atoms with van der Waals surface area (Å²) in [4.78, 5) is 11.0. The van der Waals surface area contributed by atoms with Crippen molar-refractivity contribution in [3.8, 4) is 0 Å². The smallest absolute Gasteiger partial charge is 0.352 e. The summed E-state index contributed by atoms with van der Waals surface area (Å²) < 4.78 is 38.6. The van der Waals surface area contributed by atoms with Crippen molar-refractivity contribution < 1.29 is 27.8 Å². The fourth-order valence-corrected chi connectivity index (χ4v) is 3.12. The molecular formula is C12H18N2O6S. The Morgan fingerprint density at radius 2 is 2.29 bits per heavy atom. The summed E-state index contributed by atoms with van der Waals surface area (Å²) in [5.74, 6) is -1.16. The standard InChI is InChI=1S/C12H18N2O6S/c1-2-14-7-10(5-11(14)12(15)16)21(17,18)13-6-9-8-19-3-4-20-9/h5,7,9,13H,2-4,6,8H2,1H3,(H,15,16)/t9-/m0/s1. The molecule has 21 heavy (non-hydrogen) atoms. The van der Waals surface area contributed by atoms with E-state index in [4.69, 9.17) is 14.6 Å². The Labute approximate surface area is 122 Å². The average molecular weight is 318 g/mol. The van der Waals surface area contributed by atoms with Crippen LogP contribution in [-0.4, -0.2) is 56.5 Å². The van der Waals surface area contributed by atoms with Crippen LogP contribution in [0.5, 0.6) is 0 Å². The van der Waals surface area contributed by atoms with Crippen LogP contribution in [0.15, 0.2) is 17.2 Å². The summed E-state index contributed by atoms with van der Waals surface area (Å²) in [5, 5.41) is 9.04. The van der Waals surface area contributed by atoms with Crippen LogP contribution in [0.3, 0.4) is 0 Å². The fourth-order valence-electron chi connectivity index (χ4n) is 2.01. The zero-order valence-corrected chi connectivity index (χ0v) is 12.4. The summed E-state index contributed by atoms with van der Waals surface area (Å²) in [6, 6.07) is 1.15. The normalized spacial score (nSPS) is 19.6. The Morgan fingerprint density at radius 1 is 1.52 bits per heavy atom. The van der Waals surface area contributed by atoms with Crippen molar-refractivity contribution in [2.75, 3.05) is 26.4 Å². The van der Waals surface area contributed by atoms with Gasteiger partial charge < -0.3 is 19.1 Å². The number of rotatable bonds is 6. The number of carboxylic acids is 1. The third kappa shape index (κ3) is 3.82. The largest absolute Gasteiger partial charge is 0.477 e. The Balaban J connectivity index is 2.09. The first kappa shape index (κ1) is 16.0. The first-order valence-electron chi connectivity index (χ1n) is 6.56. The van der Waals surface area contributed by atoms with Crippen LogP contribution in [0.4, 0.5) is 0 Å². The molecule has 0 spiro atoms. The predicted molar refractivity (Wildman–Crippen MR) is 72.8 cm³/mol. The molecule has 1 atom stereocenters. The van der Waals surface area contributed by atoms with Crippen LogP contribution in [0.25, 0.3) is 0 Å². The lowest BCUT2D eigenvalue weighted by molar-refractivity contribution is -0.0846. The van der Waals surface area contributed by atoms with Gasteiger partial charge >= 0.3 is 5.97 Å². The zero-order chi connectivity index (χ0) is 15.5. The highest BCUT2D eigenvalue weighted by atomic mass is 32.2. The molecule has 0 saturated carbocycles. The molecule has 0 aliphatic carbocycles. The Bertz CT molecular complexity index is 603. The molecular weight excluding hydrogens is 300 g/mol. The predicted octanol–water partition coefficient (Wildman–Crippen LogP) is -0.100. The van der Waals surface area contributed by atoms with Crippen molar-refractivity contribution in [3.63, 3.8) is 0 Å². The van der Waals surface area contributed by atoms with Gasteiger partial charge in [-0.1, -0.05) is 0 Å². The summed E-state index contributed by atoms with van der Waals surface area (Å²) >= 11 is 0. The van der Waals surface area contributed by atoms with Crippen LogP contribution < -0.4 is 4.72 Å². The number of aromatic nitrogens is 1. The van der Waals surface area contributed by atoms with Gasteiger partial charge in [0.15, 0.2) is 0 Å². The average Bonchev–Trinajstić information content (AvgIpc) is 2.92. The van der Waals surface area contributed by atoms with Crippen LogP contribution >= 0.6 is 0 Å². The number of carboxylic acid groups (broad SMARTS) is 1. The first-order chi connectivity index (χ1) is 9.94. The van der Waals surface area contributed by atoms with E-state index in [0.717, 1.165) is 6.07 Å². The van der Waals surface area contributed by atoms with Gasteiger partial charge in [0.1, 0.15) is 10.6 Å². The second kappa shape index (κ2) is 6.56. The molecule has 1 aliphatic rings. The van der Waals surface area contributed by atoms with E-state index in [0.29, 0.717) is 26.4 Å². The van der Waals surface area contributed by atoms with Crippen LogP contribution in [0.2, 0.25) is 0 Å². The van der Waals surface area contributed by atoms with Crippen molar-refractivity contribution in [1.29, 1.82) is 0 Å². The first-order valence-corrected chi connectivity index (χ1v) is 8.05. The van der Waals surface area contributed by atoms with Crippen molar-refractivity contribution in [2.45, 2.75) is 24.5 Å². The number of nitrogens with one attached hydrogen (secondary N) is 1. The van der Waals surface area contributed by atoms with Gasteiger partial charge in [0.2, 0.25) is 10.0 Å². The number of ether oxygens (including phenoxy) is 2. The maximum atomic E-state index is 12.2. The highest BCUT2D eigenvalue weighted by molar-refractivity contribution is 7.89. The SMILES string of the molecule is CCn1cc(S(=O)(=O)NC[C@H]2COCCO2)cc1C(=O)O. The van der Waals surface area contributed by atoms with E-state index in [1.165, 1.54) is 10.8 Å². The lowest BCUT2D eigenvalue weighted by Crippen LogP contribution is -2.39. The van der Waals surface area contributed by atoms with E-state index in [9.17, 15) is 13.2 Å². The fraction of sp³-hybridized carbons (Fsp3) is 0.583. The van der Waals surface area contributed by atoms with E-state index in [2.05, 4.69) is 4.72 Å². The van der Waals surface area contributed by atoms with Gasteiger partial charge in [-0.15, -0.1) is 0 Å². The molecule has 1 aromatic heterocycles. The van der Waals surface area contributed by atoms with Crippen molar-refractivity contribution in [3.05, 3.63) is 18.0 Å². The third-order valence-corrected chi connectivity index (χ3v) is 4.52. The monoisotopic (exact) mass is 318 g/mol. The van der Waals surface area contributed by atoms with Crippen LogP contribution in [0.1, 0.15) is 17.4 Å². The molecule has 2 N–H and O–H groups in total. The molecule has 0 amide bonds. The van der Waals surface area contributed by atoms with Gasteiger partial charge in [-0.2, -0.15) is 0 Å². The van der Waals surface area contributed by atoms with E-state index in [-0.39, 0.29) is 23.2 Å². The van der Waals surface area contributed by atoms with Crippen molar-refractivity contribution in [1.82, 2.24) is 9.29 Å². The molecule has 1 saturated heterocycles. The number of sulfonamides is 1. The van der Waals surface area contributed by atoms with E-state index in [1.54, 1.807) is 6.92 Å². The minimum Gasteiger partial charge on any atom is -0.477 e. The molecule has 0 radical (unpaired) electrons. The number of hydrogen-bond acceptors (Lipinski definition) is 5. The quantitative estimate of drug-likeness (QED) is 0.758. The highest BCUT2D eigenvalue weighted by Crippen LogP contribution is 2.15. The minimum absolute atomic E-state index is 0.0601. The minimum atomic E-state index is -3.77. The lowest BCUT2D eigenvalue weighted by atomic mass is 10.3. The molecule has 1 aliphatic heterocycles. The van der Waals surface area contributed by atoms with Gasteiger partial charge in [-0.05, 0) is 13.0 Å². The van der Waals surface area contributed by atoms with Gasteiger partial charge in [0.05, 0.1) is 25.9 Å². The maximum absolute atomic E-state index is 12.2. The summed E-state index contributed by atoms with van der Waals surface area (Å²) in [6.45, 7) is 3.47. The molecule has 9 heteroatoms. The second-order valence-electron chi connectivity index (χ2n) is 4.57. The number of nitrogens with zero attached hydrogens (tertiary/aromatic N) is 1. The zero-order valence-electron chi connectivity index (χ0n) is 11.6. The lowest BCUT2D eigenvalue weighted by Gasteiger charge is -2.22. The van der Waals surface area contributed by atoms with Gasteiger partial charge in [0, 0.05) is 19.3 Å². The van der Waals surface area contributed by atoms with E-state index < -0.39 is 16.0 Å². The Morgan fingerprint density at radius 3 is 2.81 bits per heavy atom. The van der Waals surface area contributed by atoms with Gasteiger partial charge in [-0.25, -0.2) is 17.9 Å². The van der Waals surface area contributed by atoms with E-state index >= 15 is 0 Å². The number of aromatic carboxylic acids is 1. The topological polar surface area (TPSA) is 107 Å². The second-order valence-corrected chi connectivity index (χ2v) is 6.34. The number of carbonyl (C=O) groups is 1. The molecule has 0 aromatic carbocycles.